The molecule has 0 saturated heterocycles. The Bertz CT molecular complexity index is 871. The standard InChI is InChI=1S/C20H25N5O2/c1-15-22-19(23-27-15)14-26-18-5-3-16(4-6-18)12-24(2)13-17-7-9-25-10-8-21-20(25)11-17/h3-6,8,10,17H,7,9,11-14H2,1-2H3. The van der Waals surface area contributed by atoms with E-state index in [2.05, 4.69) is 50.0 Å². The summed E-state index contributed by atoms with van der Waals surface area (Å²) in [5, 5.41) is 3.83. The number of benzene rings is 1. The molecule has 0 bridgehead atoms. The molecule has 0 aliphatic carbocycles. The zero-order valence-corrected chi connectivity index (χ0v) is 15.8. The van der Waals surface area contributed by atoms with Crippen LogP contribution in [0.25, 0.3) is 0 Å². The minimum atomic E-state index is 0.314. The van der Waals surface area contributed by atoms with Crippen molar-refractivity contribution in [1.82, 2.24) is 24.6 Å². The van der Waals surface area contributed by atoms with Crippen molar-refractivity contribution < 1.29 is 9.26 Å². The Morgan fingerprint density at radius 1 is 1.30 bits per heavy atom. The molecule has 0 fully saturated rings. The number of hydrogen-bond acceptors (Lipinski definition) is 6. The van der Waals surface area contributed by atoms with Gasteiger partial charge in [-0.2, -0.15) is 4.98 Å². The molecule has 3 aromatic rings. The zero-order valence-electron chi connectivity index (χ0n) is 15.8. The summed E-state index contributed by atoms with van der Waals surface area (Å²) in [4.78, 5) is 11.0. The van der Waals surface area contributed by atoms with Gasteiger partial charge in [0.2, 0.25) is 11.7 Å². The Morgan fingerprint density at radius 3 is 2.93 bits per heavy atom. The van der Waals surface area contributed by atoms with Crippen LogP contribution in [-0.4, -0.2) is 38.2 Å². The molecule has 0 spiro atoms. The van der Waals surface area contributed by atoms with Crippen molar-refractivity contribution in [2.24, 2.45) is 5.92 Å². The minimum Gasteiger partial charge on any atom is -0.485 e. The van der Waals surface area contributed by atoms with Gasteiger partial charge in [-0.1, -0.05) is 17.3 Å². The van der Waals surface area contributed by atoms with Crippen LogP contribution in [0.5, 0.6) is 5.75 Å². The molecule has 1 atom stereocenters. The fourth-order valence-corrected chi connectivity index (χ4v) is 3.63. The molecule has 1 aromatic carbocycles. The van der Waals surface area contributed by atoms with Gasteiger partial charge in [-0.05, 0) is 37.1 Å². The first-order valence-corrected chi connectivity index (χ1v) is 9.35. The van der Waals surface area contributed by atoms with Gasteiger partial charge in [0, 0.05) is 45.4 Å². The molecule has 0 N–H and O–H groups in total. The predicted molar refractivity (Wildman–Crippen MR) is 100 cm³/mol. The Hall–Kier alpha value is -2.67. The van der Waals surface area contributed by atoms with Crippen LogP contribution in [0.4, 0.5) is 0 Å². The molecule has 0 amide bonds. The van der Waals surface area contributed by atoms with Gasteiger partial charge >= 0.3 is 0 Å². The molecule has 7 heteroatoms. The van der Waals surface area contributed by atoms with Crippen molar-refractivity contribution in [2.75, 3.05) is 13.6 Å². The van der Waals surface area contributed by atoms with E-state index in [0.717, 1.165) is 31.8 Å². The molecule has 3 heterocycles. The summed E-state index contributed by atoms with van der Waals surface area (Å²) in [6.45, 7) is 5.18. The molecule has 142 valence electrons. The van der Waals surface area contributed by atoms with Gasteiger partial charge in [0.1, 0.15) is 11.6 Å². The zero-order chi connectivity index (χ0) is 18.6. The molecule has 0 radical (unpaired) electrons. The second kappa shape index (κ2) is 7.92. The number of aryl methyl sites for hydroxylation is 2. The van der Waals surface area contributed by atoms with E-state index >= 15 is 0 Å². The van der Waals surface area contributed by atoms with Crippen LogP contribution in [0.2, 0.25) is 0 Å². The van der Waals surface area contributed by atoms with Crippen LogP contribution in [-0.2, 0) is 26.1 Å². The number of ether oxygens (including phenoxy) is 1. The van der Waals surface area contributed by atoms with Crippen molar-refractivity contribution in [2.45, 2.75) is 39.5 Å². The Balaban J connectivity index is 1.25. The van der Waals surface area contributed by atoms with Crippen molar-refractivity contribution in [3.05, 3.63) is 59.8 Å². The van der Waals surface area contributed by atoms with E-state index in [1.165, 1.54) is 17.8 Å². The first-order chi connectivity index (χ1) is 13.2. The number of nitrogens with zero attached hydrogens (tertiary/aromatic N) is 5. The van der Waals surface area contributed by atoms with Gasteiger partial charge < -0.3 is 18.7 Å². The summed E-state index contributed by atoms with van der Waals surface area (Å²) in [6.07, 6.45) is 6.28. The maximum Gasteiger partial charge on any atom is 0.223 e. The lowest BCUT2D eigenvalue weighted by molar-refractivity contribution is 0.238. The van der Waals surface area contributed by atoms with Gasteiger partial charge in [0.25, 0.3) is 0 Å². The third kappa shape index (κ3) is 4.54. The summed E-state index contributed by atoms with van der Waals surface area (Å²) in [5.41, 5.74) is 1.28. The maximum absolute atomic E-state index is 5.70. The van der Waals surface area contributed by atoms with E-state index in [1.54, 1.807) is 6.92 Å². The molecule has 1 unspecified atom stereocenters. The second-order valence-electron chi connectivity index (χ2n) is 7.25. The van der Waals surface area contributed by atoms with Crippen LogP contribution in [0.15, 0.2) is 41.2 Å². The molecular formula is C20H25N5O2. The summed E-state index contributed by atoms with van der Waals surface area (Å²) >= 11 is 0. The van der Waals surface area contributed by atoms with Crippen molar-refractivity contribution in [3.8, 4) is 5.75 Å². The topological polar surface area (TPSA) is 69.2 Å². The van der Waals surface area contributed by atoms with Gasteiger partial charge in [0.15, 0.2) is 6.61 Å². The van der Waals surface area contributed by atoms with Gasteiger partial charge in [-0.25, -0.2) is 4.98 Å². The first-order valence-electron chi connectivity index (χ1n) is 9.35. The summed E-state index contributed by atoms with van der Waals surface area (Å²) in [7, 11) is 2.18. The van der Waals surface area contributed by atoms with Gasteiger partial charge in [-0.3, -0.25) is 0 Å². The highest BCUT2D eigenvalue weighted by Gasteiger charge is 2.20. The van der Waals surface area contributed by atoms with E-state index in [4.69, 9.17) is 9.26 Å². The molecule has 7 nitrogen and oxygen atoms in total. The van der Waals surface area contributed by atoms with E-state index in [9.17, 15) is 0 Å². The van der Waals surface area contributed by atoms with Crippen LogP contribution >= 0.6 is 0 Å². The molecule has 1 aliphatic heterocycles. The van der Waals surface area contributed by atoms with Crippen molar-refractivity contribution in [1.29, 1.82) is 0 Å². The van der Waals surface area contributed by atoms with Crippen LogP contribution in [0.1, 0.15) is 29.5 Å². The number of hydrogen-bond donors (Lipinski definition) is 0. The quantitative estimate of drug-likeness (QED) is 0.640. The third-order valence-electron chi connectivity index (χ3n) is 4.93. The van der Waals surface area contributed by atoms with Crippen LogP contribution < -0.4 is 4.74 Å². The van der Waals surface area contributed by atoms with Crippen LogP contribution in [0.3, 0.4) is 0 Å². The average molecular weight is 367 g/mol. The van der Waals surface area contributed by atoms with Crippen molar-refractivity contribution >= 4 is 0 Å². The third-order valence-corrected chi connectivity index (χ3v) is 4.93. The van der Waals surface area contributed by atoms with E-state index in [-0.39, 0.29) is 0 Å². The Labute approximate surface area is 159 Å². The van der Waals surface area contributed by atoms with Crippen LogP contribution in [0, 0.1) is 12.8 Å². The number of aromatic nitrogens is 4. The summed E-state index contributed by atoms with van der Waals surface area (Å²) in [6, 6.07) is 8.21. The second-order valence-corrected chi connectivity index (χ2v) is 7.25. The van der Waals surface area contributed by atoms with Crippen molar-refractivity contribution in [3.63, 3.8) is 0 Å². The highest BCUT2D eigenvalue weighted by atomic mass is 16.5. The molecule has 0 saturated carbocycles. The van der Waals surface area contributed by atoms with E-state index in [0.29, 0.717) is 24.2 Å². The fourth-order valence-electron chi connectivity index (χ4n) is 3.63. The lowest BCUT2D eigenvalue weighted by Gasteiger charge is -2.27. The average Bonchev–Trinajstić information content (AvgIpc) is 3.29. The Kier molecular flexibility index (Phi) is 5.20. The first kappa shape index (κ1) is 17.7. The maximum atomic E-state index is 5.70. The van der Waals surface area contributed by atoms with Gasteiger partial charge in [0.05, 0.1) is 0 Å². The van der Waals surface area contributed by atoms with E-state index < -0.39 is 0 Å². The lowest BCUT2D eigenvalue weighted by atomic mass is 9.97. The highest BCUT2D eigenvalue weighted by Crippen LogP contribution is 2.21. The molecule has 2 aromatic heterocycles. The molecule has 27 heavy (non-hydrogen) atoms. The smallest absolute Gasteiger partial charge is 0.223 e. The number of rotatable bonds is 7. The largest absolute Gasteiger partial charge is 0.485 e. The fraction of sp³-hybridized carbons (Fsp3) is 0.450. The van der Waals surface area contributed by atoms with Gasteiger partial charge in [-0.15, -0.1) is 0 Å². The summed E-state index contributed by atoms with van der Waals surface area (Å²) in [5.74, 6) is 3.81. The monoisotopic (exact) mass is 367 g/mol. The minimum absolute atomic E-state index is 0.314. The Morgan fingerprint density at radius 2 is 2.15 bits per heavy atom. The lowest BCUT2D eigenvalue weighted by Crippen LogP contribution is -2.30. The number of imidazole rings is 1. The summed E-state index contributed by atoms with van der Waals surface area (Å²) < 4.78 is 12.9. The molecule has 4 rings (SSSR count). The van der Waals surface area contributed by atoms with E-state index in [1.807, 2.05) is 18.3 Å². The molecular weight excluding hydrogens is 342 g/mol. The number of fused-ring (bicyclic) bond motifs is 1. The predicted octanol–water partition coefficient (Wildman–Crippen LogP) is 2.85. The SMILES string of the molecule is Cc1nc(COc2ccc(CN(C)CC3CCn4ccnc4C3)cc2)no1. The normalized spacial score (nSPS) is 16.5. The molecule has 1 aliphatic rings. The highest BCUT2D eigenvalue weighted by molar-refractivity contribution is 5.27.